The van der Waals surface area contributed by atoms with Crippen molar-refractivity contribution in [1.82, 2.24) is 15.5 Å². The molecular weight excluding hydrogens is 386 g/mol. The number of hydrogen-bond donors (Lipinski definition) is 2. The van der Waals surface area contributed by atoms with E-state index in [1.807, 2.05) is 51.1 Å². The molecule has 0 radical (unpaired) electrons. The van der Waals surface area contributed by atoms with E-state index in [0.29, 0.717) is 5.56 Å². The van der Waals surface area contributed by atoms with Gasteiger partial charge in [-0.05, 0) is 43.7 Å². The number of carbonyl (C=O) groups excluding carboxylic acids is 4. The second-order valence-electron chi connectivity index (χ2n) is 7.95. The molecule has 0 saturated carbocycles. The predicted molar refractivity (Wildman–Crippen MR) is 113 cm³/mol. The number of ether oxygens (including phenoxy) is 1. The first-order chi connectivity index (χ1) is 14.0. The highest BCUT2D eigenvalue weighted by atomic mass is 16.5. The van der Waals surface area contributed by atoms with Crippen LogP contribution >= 0.6 is 0 Å². The molecule has 2 aromatic rings. The maximum absolute atomic E-state index is 12.2. The second-order valence-corrected chi connectivity index (χ2v) is 7.95. The maximum atomic E-state index is 12.2. The lowest BCUT2D eigenvalue weighted by Gasteiger charge is -2.23. The third-order valence-corrected chi connectivity index (χ3v) is 4.08. The second kappa shape index (κ2) is 9.87. The van der Waals surface area contributed by atoms with E-state index in [9.17, 15) is 19.2 Å². The molecule has 0 atom stereocenters. The molecule has 3 amide bonds. The van der Waals surface area contributed by atoms with Crippen LogP contribution in [0.4, 0.5) is 0 Å². The highest BCUT2D eigenvalue weighted by molar-refractivity contribution is 5.99. The monoisotopic (exact) mass is 413 g/mol. The van der Waals surface area contributed by atoms with E-state index >= 15 is 0 Å². The van der Waals surface area contributed by atoms with Crippen molar-refractivity contribution in [3.8, 4) is 0 Å². The minimum absolute atomic E-state index is 0.146. The van der Waals surface area contributed by atoms with Crippen molar-refractivity contribution in [1.29, 1.82) is 0 Å². The van der Waals surface area contributed by atoms with Gasteiger partial charge >= 0.3 is 5.97 Å². The van der Waals surface area contributed by atoms with E-state index in [0.717, 1.165) is 10.8 Å². The van der Waals surface area contributed by atoms with Crippen molar-refractivity contribution in [2.45, 2.75) is 26.3 Å². The first-order valence-electron chi connectivity index (χ1n) is 9.53. The number of esters is 1. The summed E-state index contributed by atoms with van der Waals surface area (Å²) in [5.74, 6) is -1.99. The minimum Gasteiger partial charge on any atom is -0.454 e. The van der Waals surface area contributed by atoms with E-state index in [4.69, 9.17) is 4.74 Å². The molecule has 0 aromatic heterocycles. The standard InChI is InChI=1S/C22H27N3O5/c1-22(2,3)24-18(26)13-25(4)19(27)14-30-20(28)12-23-21(29)17-10-9-15-7-5-6-8-16(15)11-17/h5-11H,12-14H2,1-4H3,(H,23,29)(H,24,26). The fraction of sp³-hybridized carbons (Fsp3) is 0.364. The number of fused-ring (bicyclic) bond motifs is 1. The number of amides is 3. The van der Waals surface area contributed by atoms with Crippen molar-refractivity contribution in [3.63, 3.8) is 0 Å². The Labute approximate surface area is 175 Å². The average molecular weight is 413 g/mol. The number of rotatable bonds is 7. The minimum atomic E-state index is -0.745. The molecule has 30 heavy (non-hydrogen) atoms. The maximum Gasteiger partial charge on any atom is 0.325 e. The Morgan fingerprint density at radius 3 is 2.33 bits per heavy atom. The summed E-state index contributed by atoms with van der Waals surface area (Å²) in [6, 6.07) is 12.9. The van der Waals surface area contributed by atoms with Crippen LogP contribution in [-0.4, -0.2) is 60.9 Å². The lowest BCUT2D eigenvalue weighted by atomic mass is 10.1. The first-order valence-corrected chi connectivity index (χ1v) is 9.53. The van der Waals surface area contributed by atoms with Gasteiger partial charge in [-0.1, -0.05) is 30.3 Å². The molecule has 0 aliphatic rings. The normalized spacial score (nSPS) is 10.9. The van der Waals surface area contributed by atoms with Crippen LogP contribution in [0.3, 0.4) is 0 Å². The molecule has 0 aliphatic carbocycles. The zero-order valence-electron chi connectivity index (χ0n) is 17.7. The Morgan fingerprint density at radius 1 is 1.00 bits per heavy atom. The Kier molecular flexibility index (Phi) is 7.52. The van der Waals surface area contributed by atoms with E-state index in [1.54, 1.807) is 12.1 Å². The van der Waals surface area contributed by atoms with E-state index in [-0.39, 0.29) is 19.0 Å². The average Bonchev–Trinajstić information content (AvgIpc) is 2.68. The summed E-state index contributed by atoms with van der Waals surface area (Å²) in [5, 5.41) is 7.13. The lowest BCUT2D eigenvalue weighted by molar-refractivity contribution is -0.151. The zero-order chi connectivity index (χ0) is 22.3. The molecule has 2 N–H and O–H groups in total. The highest BCUT2D eigenvalue weighted by Gasteiger charge is 2.19. The molecule has 8 heteroatoms. The largest absolute Gasteiger partial charge is 0.454 e. The summed E-state index contributed by atoms with van der Waals surface area (Å²) in [6.45, 7) is 4.48. The van der Waals surface area contributed by atoms with E-state index in [1.165, 1.54) is 11.9 Å². The van der Waals surface area contributed by atoms with Crippen LogP contribution < -0.4 is 10.6 Å². The molecular formula is C22H27N3O5. The lowest BCUT2D eigenvalue weighted by Crippen LogP contribution is -2.47. The van der Waals surface area contributed by atoms with Gasteiger partial charge < -0.3 is 20.3 Å². The molecule has 0 saturated heterocycles. The molecule has 2 aromatic carbocycles. The summed E-state index contributed by atoms with van der Waals surface area (Å²) in [4.78, 5) is 49.1. The van der Waals surface area contributed by atoms with E-state index < -0.39 is 29.9 Å². The number of nitrogens with one attached hydrogen (secondary N) is 2. The van der Waals surface area contributed by atoms with Gasteiger partial charge in [-0.15, -0.1) is 0 Å². The van der Waals surface area contributed by atoms with Gasteiger partial charge in [-0.2, -0.15) is 0 Å². The van der Waals surface area contributed by atoms with Gasteiger partial charge in [-0.3, -0.25) is 19.2 Å². The van der Waals surface area contributed by atoms with Crippen molar-refractivity contribution < 1.29 is 23.9 Å². The Bertz CT molecular complexity index is 949. The number of hydrogen-bond acceptors (Lipinski definition) is 5. The van der Waals surface area contributed by atoms with Crippen LogP contribution in [0.15, 0.2) is 42.5 Å². The SMILES string of the molecule is CN(CC(=O)NC(C)(C)C)C(=O)COC(=O)CNC(=O)c1ccc2ccccc2c1. The third kappa shape index (κ3) is 7.20. The fourth-order valence-corrected chi connectivity index (χ4v) is 2.65. The molecule has 2 rings (SSSR count). The van der Waals surface area contributed by atoms with Gasteiger partial charge in [0.2, 0.25) is 5.91 Å². The van der Waals surface area contributed by atoms with Gasteiger partial charge in [0.25, 0.3) is 11.8 Å². The molecule has 0 unspecified atom stereocenters. The van der Waals surface area contributed by atoms with Crippen molar-refractivity contribution in [2.75, 3.05) is 26.7 Å². The van der Waals surface area contributed by atoms with Crippen molar-refractivity contribution >= 4 is 34.5 Å². The van der Waals surface area contributed by atoms with Gasteiger partial charge in [0.1, 0.15) is 6.54 Å². The van der Waals surface area contributed by atoms with Gasteiger partial charge in [-0.25, -0.2) is 0 Å². The smallest absolute Gasteiger partial charge is 0.325 e. The van der Waals surface area contributed by atoms with Gasteiger partial charge in [0, 0.05) is 18.2 Å². The van der Waals surface area contributed by atoms with Crippen molar-refractivity contribution in [3.05, 3.63) is 48.0 Å². The third-order valence-electron chi connectivity index (χ3n) is 4.08. The van der Waals surface area contributed by atoms with E-state index in [2.05, 4.69) is 10.6 Å². The van der Waals surface area contributed by atoms with Crippen LogP contribution in [0.1, 0.15) is 31.1 Å². The van der Waals surface area contributed by atoms with Crippen LogP contribution in [-0.2, 0) is 19.1 Å². The molecule has 0 fully saturated rings. The summed E-state index contributed by atoms with van der Waals surface area (Å²) in [5.41, 5.74) is 0.0126. The summed E-state index contributed by atoms with van der Waals surface area (Å²) >= 11 is 0. The van der Waals surface area contributed by atoms with Gasteiger partial charge in [0.15, 0.2) is 6.61 Å². The van der Waals surface area contributed by atoms with Gasteiger partial charge in [0.05, 0.1) is 6.54 Å². The van der Waals surface area contributed by atoms with Crippen LogP contribution in [0.25, 0.3) is 10.8 Å². The summed E-state index contributed by atoms with van der Waals surface area (Å²) in [6.07, 6.45) is 0. The topological polar surface area (TPSA) is 105 Å². The molecule has 0 bridgehead atoms. The number of likely N-dealkylation sites (N-methyl/N-ethyl adjacent to an activating group) is 1. The zero-order valence-corrected chi connectivity index (χ0v) is 17.7. The molecule has 0 heterocycles. The molecule has 0 spiro atoms. The van der Waals surface area contributed by atoms with Crippen LogP contribution in [0.5, 0.6) is 0 Å². The fourth-order valence-electron chi connectivity index (χ4n) is 2.65. The molecule has 160 valence electrons. The number of benzene rings is 2. The molecule has 0 aliphatic heterocycles. The first kappa shape index (κ1) is 22.9. The Morgan fingerprint density at radius 2 is 1.67 bits per heavy atom. The number of carbonyl (C=O) groups is 4. The Hall–Kier alpha value is -3.42. The Balaban J connectivity index is 1.76. The van der Waals surface area contributed by atoms with Crippen molar-refractivity contribution in [2.24, 2.45) is 0 Å². The highest BCUT2D eigenvalue weighted by Crippen LogP contribution is 2.15. The molecule has 8 nitrogen and oxygen atoms in total. The summed E-state index contributed by atoms with van der Waals surface area (Å²) in [7, 11) is 1.44. The predicted octanol–water partition coefficient (Wildman–Crippen LogP) is 1.49. The number of nitrogens with zero attached hydrogens (tertiary/aromatic N) is 1. The van der Waals surface area contributed by atoms with Crippen LogP contribution in [0, 0.1) is 0 Å². The quantitative estimate of drug-likeness (QED) is 0.669. The summed E-state index contributed by atoms with van der Waals surface area (Å²) < 4.78 is 4.89. The van der Waals surface area contributed by atoms with Crippen LogP contribution in [0.2, 0.25) is 0 Å².